The number of carbonyl (C=O) groups is 1. The van der Waals surface area contributed by atoms with Crippen molar-refractivity contribution >= 4 is 5.91 Å². The van der Waals surface area contributed by atoms with Crippen LogP contribution in [0.25, 0.3) is 0 Å². The van der Waals surface area contributed by atoms with Gasteiger partial charge in [0, 0.05) is 17.3 Å². The standard InChI is InChI=1S/C8H13N3O/c1-8(2,3)5-4-10-7(11-5)6(9)12/h4H,1-3H3,(H2,9,12)(H,10,11). The van der Waals surface area contributed by atoms with Crippen LogP contribution < -0.4 is 5.73 Å². The highest BCUT2D eigenvalue weighted by Crippen LogP contribution is 2.19. The van der Waals surface area contributed by atoms with Gasteiger partial charge in [-0.05, 0) is 0 Å². The van der Waals surface area contributed by atoms with E-state index in [9.17, 15) is 4.79 Å². The fourth-order valence-electron chi connectivity index (χ4n) is 0.828. The Bertz CT molecular complexity index is 295. The molecule has 12 heavy (non-hydrogen) atoms. The zero-order valence-corrected chi connectivity index (χ0v) is 7.51. The van der Waals surface area contributed by atoms with Gasteiger partial charge >= 0.3 is 0 Å². The van der Waals surface area contributed by atoms with E-state index in [1.54, 1.807) is 6.20 Å². The van der Waals surface area contributed by atoms with Gasteiger partial charge in [0.1, 0.15) is 0 Å². The SMILES string of the molecule is CC(C)(C)c1cnc(C(N)=O)[nH]1. The molecule has 0 aliphatic heterocycles. The van der Waals surface area contributed by atoms with E-state index in [0.29, 0.717) is 0 Å². The van der Waals surface area contributed by atoms with Crippen molar-refractivity contribution in [3.05, 3.63) is 17.7 Å². The third-order valence-electron chi connectivity index (χ3n) is 1.62. The molecular formula is C8H13N3O. The van der Waals surface area contributed by atoms with Crippen molar-refractivity contribution in [1.82, 2.24) is 9.97 Å². The van der Waals surface area contributed by atoms with Crippen molar-refractivity contribution in [1.29, 1.82) is 0 Å². The van der Waals surface area contributed by atoms with E-state index >= 15 is 0 Å². The van der Waals surface area contributed by atoms with Crippen molar-refractivity contribution in [2.75, 3.05) is 0 Å². The Morgan fingerprint density at radius 3 is 2.42 bits per heavy atom. The van der Waals surface area contributed by atoms with E-state index in [4.69, 9.17) is 5.73 Å². The maximum atomic E-state index is 10.7. The molecule has 0 radical (unpaired) electrons. The molecule has 0 saturated carbocycles. The van der Waals surface area contributed by atoms with E-state index in [0.717, 1.165) is 5.69 Å². The van der Waals surface area contributed by atoms with Crippen LogP contribution in [-0.4, -0.2) is 15.9 Å². The molecule has 1 rings (SSSR count). The normalized spacial score (nSPS) is 11.6. The number of amides is 1. The van der Waals surface area contributed by atoms with Gasteiger partial charge < -0.3 is 10.7 Å². The van der Waals surface area contributed by atoms with Gasteiger partial charge in [0.15, 0.2) is 5.82 Å². The highest BCUT2D eigenvalue weighted by atomic mass is 16.1. The molecule has 0 spiro atoms. The molecule has 0 unspecified atom stereocenters. The second-order valence-corrected chi connectivity index (χ2v) is 3.76. The second-order valence-electron chi connectivity index (χ2n) is 3.76. The Morgan fingerprint density at radius 2 is 2.17 bits per heavy atom. The largest absolute Gasteiger partial charge is 0.363 e. The van der Waals surface area contributed by atoms with Crippen LogP contribution >= 0.6 is 0 Å². The zero-order valence-electron chi connectivity index (χ0n) is 7.51. The molecule has 3 N–H and O–H groups in total. The van der Waals surface area contributed by atoms with E-state index in [2.05, 4.69) is 9.97 Å². The minimum absolute atomic E-state index is 0.0271. The second kappa shape index (κ2) is 2.62. The quantitative estimate of drug-likeness (QED) is 0.649. The Hall–Kier alpha value is -1.32. The Labute approximate surface area is 71.2 Å². The number of carbonyl (C=O) groups excluding carboxylic acids is 1. The van der Waals surface area contributed by atoms with Crippen LogP contribution in [-0.2, 0) is 5.41 Å². The molecule has 1 aromatic rings. The average Bonchev–Trinajstić information content (AvgIpc) is 2.30. The molecule has 0 saturated heterocycles. The number of H-pyrrole nitrogens is 1. The fraction of sp³-hybridized carbons (Fsp3) is 0.500. The smallest absolute Gasteiger partial charge is 0.284 e. The number of primary amides is 1. The van der Waals surface area contributed by atoms with Crippen molar-refractivity contribution in [2.24, 2.45) is 5.73 Å². The molecule has 0 fully saturated rings. The van der Waals surface area contributed by atoms with E-state index in [1.165, 1.54) is 0 Å². The molecule has 1 amide bonds. The number of hydrogen-bond acceptors (Lipinski definition) is 2. The van der Waals surface area contributed by atoms with Gasteiger partial charge in [-0.1, -0.05) is 20.8 Å². The summed E-state index contributed by atoms with van der Waals surface area (Å²) in [6.45, 7) is 6.10. The van der Waals surface area contributed by atoms with Crippen LogP contribution in [0.4, 0.5) is 0 Å². The predicted octanol–water partition coefficient (Wildman–Crippen LogP) is 0.806. The zero-order chi connectivity index (χ0) is 9.35. The van der Waals surface area contributed by atoms with Gasteiger partial charge in [0.25, 0.3) is 5.91 Å². The van der Waals surface area contributed by atoms with Crippen LogP contribution in [0.1, 0.15) is 37.1 Å². The van der Waals surface area contributed by atoms with Gasteiger partial charge in [-0.2, -0.15) is 0 Å². The maximum absolute atomic E-state index is 10.7. The third kappa shape index (κ3) is 1.64. The summed E-state index contributed by atoms with van der Waals surface area (Å²) in [5.41, 5.74) is 5.92. The minimum atomic E-state index is -0.523. The minimum Gasteiger partial charge on any atom is -0.363 e. The van der Waals surface area contributed by atoms with Crippen LogP contribution in [0.3, 0.4) is 0 Å². The van der Waals surface area contributed by atoms with Crippen molar-refractivity contribution in [3.8, 4) is 0 Å². The van der Waals surface area contributed by atoms with Gasteiger partial charge in [0.2, 0.25) is 0 Å². The molecule has 66 valence electrons. The Kier molecular flexibility index (Phi) is 1.92. The molecular weight excluding hydrogens is 154 g/mol. The monoisotopic (exact) mass is 167 g/mol. The number of aromatic amines is 1. The highest BCUT2D eigenvalue weighted by molar-refractivity contribution is 5.88. The van der Waals surface area contributed by atoms with Crippen LogP contribution in [0, 0.1) is 0 Å². The molecule has 4 heteroatoms. The number of nitrogens with two attached hydrogens (primary N) is 1. The molecule has 0 aliphatic carbocycles. The summed E-state index contributed by atoms with van der Waals surface area (Å²) in [5.74, 6) is -0.301. The topological polar surface area (TPSA) is 71.8 Å². The molecule has 1 aromatic heterocycles. The lowest BCUT2D eigenvalue weighted by Crippen LogP contribution is -2.15. The summed E-state index contributed by atoms with van der Waals surface area (Å²) >= 11 is 0. The number of aromatic nitrogens is 2. The van der Waals surface area contributed by atoms with Crippen molar-refractivity contribution in [3.63, 3.8) is 0 Å². The van der Waals surface area contributed by atoms with Gasteiger partial charge in [0.05, 0.1) is 0 Å². The summed E-state index contributed by atoms with van der Waals surface area (Å²) in [6, 6.07) is 0. The van der Waals surface area contributed by atoms with Crippen molar-refractivity contribution in [2.45, 2.75) is 26.2 Å². The number of rotatable bonds is 1. The predicted molar refractivity (Wildman–Crippen MR) is 45.8 cm³/mol. The molecule has 0 aromatic carbocycles. The first-order valence-electron chi connectivity index (χ1n) is 3.76. The lowest BCUT2D eigenvalue weighted by molar-refractivity contribution is 0.0991. The number of hydrogen-bond donors (Lipinski definition) is 2. The molecule has 0 bridgehead atoms. The fourth-order valence-corrected chi connectivity index (χ4v) is 0.828. The van der Waals surface area contributed by atoms with E-state index in [1.807, 2.05) is 20.8 Å². The van der Waals surface area contributed by atoms with Gasteiger partial charge in [-0.25, -0.2) is 4.98 Å². The number of nitrogens with zero attached hydrogens (tertiary/aromatic N) is 1. The Balaban J connectivity index is 3.00. The lowest BCUT2D eigenvalue weighted by atomic mass is 9.93. The first-order chi connectivity index (χ1) is 5.41. The summed E-state index contributed by atoms with van der Waals surface area (Å²) in [7, 11) is 0. The van der Waals surface area contributed by atoms with Crippen LogP contribution in [0.15, 0.2) is 6.20 Å². The Morgan fingerprint density at radius 1 is 1.58 bits per heavy atom. The number of nitrogens with one attached hydrogen (secondary N) is 1. The number of imidazole rings is 1. The average molecular weight is 167 g/mol. The van der Waals surface area contributed by atoms with Crippen LogP contribution in [0.2, 0.25) is 0 Å². The first kappa shape index (κ1) is 8.77. The van der Waals surface area contributed by atoms with Crippen molar-refractivity contribution < 1.29 is 4.79 Å². The van der Waals surface area contributed by atoms with E-state index < -0.39 is 5.91 Å². The van der Waals surface area contributed by atoms with E-state index in [-0.39, 0.29) is 11.2 Å². The lowest BCUT2D eigenvalue weighted by Gasteiger charge is -2.14. The summed E-state index contributed by atoms with van der Waals surface area (Å²) in [4.78, 5) is 17.4. The highest BCUT2D eigenvalue weighted by Gasteiger charge is 2.17. The summed E-state index contributed by atoms with van der Waals surface area (Å²) < 4.78 is 0. The maximum Gasteiger partial charge on any atom is 0.284 e. The first-order valence-corrected chi connectivity index (χ1v) is 3.76. The molecule has 0 atom stereocenters. The molecule has 4 nitrogen and oxygen atoms in total. The van der Waals surface area contributed by atoms with Crippen LogP contribution in [0.5, 0.6) is 0 Å². The third-order valence-corrected chi connectivity index (χ3v) is 1.62. The molecule has 1 heterocycles. The molecule has 0 aliphatic rings. The van der Waals surface area contributed by atoms with Gasteiger partial charge in [-0.15, -0.1) is 0 Å². The van der Waals surface area contributed by atoms with Gasteiger partial charge in [-0.3, -0.25) is 4.79 Å². The summed E-state index contributed by atoms with van der Waals surface area (Å²) in [5, 5.41) is 0. The summed E-state index contributed by atoms with van der Waals surface area (Å²) in [6.07, 6.45) is 1.64.